The predicted molar refractivity (Wildman–Crippen MR) is 77.8 cm³/mol. The van der Waals surface area contributed by atoms with E-state index < -0.39 is 0 Å². The Morgan fingerprint density at radius 3 is 2.55 bits per heavy atom. The largest absolute Gasteiger partial charge is 0.378 e. The third-order valence-corrected chi connectivity index (χ3v) is 4.06. The smallest absolute Gasteiger partial charge is 0.232 e. The molecular formula is C13H22N6O. The lowest BCUT2D eigenvalue weighted by molar-refractivity contribution is 0.122. The van der Waals surface area contributed by atoms with Crippen LogP contribution in [0.5, 0.6) is 0 Å². The zero-order valence-corrected chi connectivity index (χ0v) is 11.9. The van der Waals surface area contributed by atoms with Crippen LogP contribution < -0.4 is 16.0 Å². The molecule has 3 N–H and O–H groups in total. The SMILES string of the molecule is CC1(Nc2nc(N)nc(N3CCOCC3)n2)CCCC1. The number of rotatable bonds is 3. The van der Waals surface area contributed by atoms with Crippen molar-refractivity contribution in [2.75, 3.05) is 42.3 Å². The lowest BCUT2D eigenvalue weighted by Crippen LogP contribution is -2.38. The molecule has 1 aromatic heterocycles. The van der Waals surface area contributed by atoms with Gasteiger partial charge in [0, 0.05) is 18.6 Å². The molecule has 3 rings (SSSR count). The number of ether oxygens (including phenoxy) is 1. The number of hydrogen-bond acceptors (Lipinski definition) is 7. The number of nitrogens with two attached hydrogens (primary N) is 1. The van der Waals surface area contributed by atoms with Crippen LogP contribution in [0.4, 0.5) is 17.8 Å². The van der Waals surface area contributed by atoms with E-state index in [2.05, 4.69) is 32.1 Å². The molecule has 0 radical (unpaired) electrons. The molecule has 7 heteroatoms. The Kier molecular flexibility index (Phi) is 3.60. The molecule has 1 aliphatic carbocycles. The number of nitrogens with one attached hydrogen (secondary N) is 1. The molecule has 1 saturated heterocycles. The minimum Gasteiger partial charge on any atom is -0.378 e. The van der Waals surface area contributed by atoms with Gasteiger partial charge in [-0.05, 0) is 19.8 Å². The number of nitrogen functional groups attached to an aromatic ring is 1. The Hall–Kier alpha value is -1.63. The van der Waals surface area contributed by atoms with Gasteiger partial charge in [0.2, 0.25) is 17.8 Å². The molecule has 1 aromatic rings. The molecule has 110 valence electrons. The summed E-state index contributed by atoms with van der Waals surface area (Å²) in [5.74, 6) is 1.50. The fourth-order valence-corrected chi connectivity index (χ4v) is 2.89. The molecule has 20 heavy (non-hydrogen) atoms. The van der Waals surface area contributed by atoms with Crippen molar-refractivity contribution in [3.05, 3.63) is 0 Å². The highest BCUT2D eigenvalue weighted by atomic mass is 16.5. The Bertz CT molecular complexity index is 468. The normalized spacial score (nSPS) is 21.9. The number of aromatic nitrogens is 3. The van der Waals surface area contributed by atoms with Crippen molar-refractivity contribution in [3.8, 4) is 0 Å². The van der Waals surface area contributed by atoms with Gasteiger partial charge in [-0.3, -0.25) is 0 Å². The summed E-state index contributed by atoms with van der Waals surface area (Å²) >= 11 is 0. The Balaban J connectivity index is 1.78. The van der Waals surface area contributed by atoms with Crippen molar-refractivity contribution in [1.29, 1.82) is 0 Å². The monoisotopic (exact) mass is 278 g/mol. The third-order valence-electron chi connectivity index (χ3n) is 4.06. The highest BCUT2D eigenvalue weighted by molar-refractivity contribution is 5.43. The fourth-order valence-electron chi connectivity index (χ4n) is 2.89. The zero-order valence-electron chi connectivity index (χ0n) is 11.9. The second-order valence-corrected chi connectivity index (χ2v) is 5.81. The van der Waals surface area contributed by atoms with E-state index in [0.717, 1.165) is 25.9 Å². The molecule has 0 atom stereocenters. The van der Waals surface area contributed by atoms with Crippen LogP contribution in [0.15, 0.2) is 0 Å². The van der Waals surface area contributed by atoms with Crippen molar-refractivity contribution < 1.29 is 4.74 Å². The molecule has 7 nitrogen and oxygen atoms in total. The Labute approximate surface area is 118 Å². The Morgan fingerprint density at radius 2 is 1.85 bits per heavy atom. The van der Waals surface area contributed by atoms with Crippen LogP contribution >= 0.6 is 0 Å². The summed E-state index contributed by atoms with van der Waals surface area (Å²) in [5.41, 5.74) is 5.90. The van der Waals surface area contributed by atoms with E-state index in [1.165, 1.54) is 12.8 Å². The van der Waals surface area contributed by atoms with Crippen LogP contribution in [0.25, 0.3) is 0 Å². The summed E-state index contributed by atoms with van der Waals surface area (Å²) in [5, 5.41) is 3.44. The van der Waals surface area contributed by atoms with Crippen molar-refractivity contribution in [1.82, 2.24) is 15.0 Å². The van der Waals surface area contributed by atoms with Crippen molar-refractivity contribution >= 4 is 17.8 Å². The topological polar surface area (TPSA) is 89.2 Å². The summed E-state index contributed by atoms with van der Waals surface area (Å²) in [4.78, 5) is 15.1. The highest BCUT2D eigenvalue weighted by Gasteiger charge is 2.29. The molecule has 2 aliphatic rings. The maximum Gasteiger partial charge on any atom is 0.232 e. The maximum atomic E-state index is 5.82. The van der Waals surface area contributed by atoms with Gasteiger partial charge in [-0.2, -0.15) is 15.0 Å². The molecule has 2 fully saturated rings. The van der Waals surface area contributed by atoms with Gasteiger partial charge in [-0.1, -0.05) is 12.8 Å². The van der Waals surface area contributed by atoms with Gasteiger partial charge in [0.25, 0.3) is 0 Å². The van der Waals surface area contributed by atoms with Crippen LogP contribution in [0.2, 0.25) is 0 Å². The van der Waals surface area contributed by atoms with E-state index in [1.807, 2.05) is 0 Å². The molecule has 0 bridgehead atoms. The van der Waals surface area contributed by atoms with E-state index in [4.69, 9.17) is 10.5 Å². The van der Waals surface area contributed by atoms with Crippen LogP contribution in [-0.2, 0) is 4.74 Å². The molecule has 1 saturated carbocycles. The summed E-state index contributed by atoms with van der Waals surface area (Å²) in [6.07, 6.45) is 4.79. The van der Waals surface area contributed by atoms with E-state index in [-0.39, 0.29) is 11.5 Å². The highest BCUT2D eigenvalue weighted by Crippen LogP contribution is 2.32. The minimum atomic E-state index is 0.0794. The molecule has 0 spiro atoms. The molecular weight excluding hydrogens is 256 g/mol. The first-order valence-electron chi connectivity index (χ1n) is 7.27. The lowest BCUT2D eigenvalue weighted by atomic mass is 10.0. The summed E-state index contributed by atoms with van der Waals surface area (Å²) < 4.78 is 5.35. The van der Waals surface area contributed by atoms with Crippen LogP contribution in [0, 0.1) is 0 Å². The van der Waals surface area contributed by atoms with Crippen LogP contribution in [0.3, 0.4) is 0 Å². The average Bonchev–Trinajstić information content (AvgIpc) is 2.85. The predicted octanol–water partition coefficient (Wildman–Crippen LogP) is 1.03. The average molecular weight is 278 g/mol. The second kappa shape index (κ2) is 5.40. The Morgan fingerprint density at radius 1 is 1.15 bits per heavy atom. The van der Waals surface area contributed by atoms with Gasteiger partial charge in [0.1, 0.15) is 0 Å². The second-order valence-electron chi connectivity index (χ2n) is 5.81. The van der Waals surface area contributed by atoms with Gasteiger partial charge >= 0.3 is 0 Å². The lowest BCUT2D eigenvalue weighted by Gasteiger charge is -2.28. The van der Waals surface area contributed by atoms with Gasteiger partial charge in [-0.15, -0.1) is 0 Å². The molecule has 0 amide bonds. The van der Waals surface area contributed by atoms with E-state index in [9.17, 15) is 0 Å². The number of anilines is 3. The zero-order chi connectivity index (χ0) is 14.0. The van der Waals surface area contributed by atoms with Crippen molar-refractivity contribution in [2.24, 2.45) is 0 Å². The first-order chi connectivity index (χ1) is 9.65. The fraction of sp³-hybridized carbons (Fsp3) is 0.769. The van der Waals surface area contributed by atoms with Crippen LogP contribution in [0.1, 0.15) is 32.6 Å². The standard InChI is InChI=1S/C13H22N6O/c1-13(4-2-3-5-13)18-11-15-10(14)16-12(17-11)19-6-8-20-9-7-19/h2-9H2,1H3,(H3,14,15,16,17,18). The van der Waals surface area contributed by atoms with E-state index in [0.29, 0.717) is 25.1 Å². The molecule has 0 unspecified atom stereocenters. The number of hydrogen-bond donors (Lipinski definition) is 2. The maximum absolute atomic E-state index is 5.82. The molecule has 0 aromatic carbocycles. The van der Waals surface area contributed by atoms with Gasteiger partial charge < -0.3 is 20.7 Å². The van der Waals surface area contributed by atoms with E-state index in [1.54, 1.807) is 0 Å². The summed E-state index contributed by atoms with van der Waals surface area (Å²) in [6.45, 7) is 5.20. The van der Waals surface area contributed by atoms with Gasteiger partial charge in [-0.25, -0.2) is 0 Å². The summed E-state index contributed by atoms with van der Waals surface area (Å²) in [6, 6.07) is 0. The van der Waals surface area contributed by atoms with Crippen molar-refractivity contribution in [3.63, 3.8) is 0 Å². The summed E-state index contributed by atoms with van der Waals surface area (Å²) in [7, 11) is 0. The minimum absolute atomic E-state index is 0.0794. The third kappa shape index (κ3) is 2.92. The quantitative estimate of drug-likeness (QED) is 0.853. The number of morpholine rings is 1. The van der Waals surface area contributed by atoms with Crippen LogP contribution in [-0.4, -0.2) is 46.8 Å². The first-order valence-corrected chi connectivity index (χ1v) is 7.27. The van der Waals surface area contributed by atoms with Gasteiger partial charge in [0.05, 0.1) is 13.2 Å². The van der Waals surface area contributed by atoms with E-state index >= 15 is 0 Å². The van der Waals surface area contributed by atoms with Gasteiger partial charge in [0.15, 0.2) is 0 Å². The molecule has 1 aliphatic heterocycles. The number of nitrogens with zero attached hydrogens (tertiary/aromatic N) is 4. The molecule has 2 heterocycles. The first kappa shape index (κ1) is 13.4. The van der Waals surface area contributed by atoms with Crippen molar-refractivity contribution in [2.45, 2.75) is 38.1 Å².